The Morgan fingerprint density at radius 1 is 1.29 bits per heavy atom. The van der Waals surface area contributed by atoms with Gasteiger partial charge < -0.3 is 9.84 Å². The van der Waals surface area contributed by atoms with E-state index < -0.39 is 5.97 Å². The number of ether oxygens (including phenoxy) is 1. The Morgan fingerprint density at radius 3 is 2.41 bits per heavy atom. The average molecular weight is 429 g/mol. The summed E-state index contributed by atoms with van der Waals surface area (Å²) in [6, 6.07) is 3.90. The van der Waals surface area contributed by atoms with Gasteiger partial charge >= 0.3 is 5.97 Å². The van der Waals surface area contributed by atoms with Gasteiger partial charge in [0, 0.05) is 19.8 Å². The maximum atomic E-state index is 10.2. The number of carboxylic acids is 1. The molecule has 17 heavy (non-hydrogen) atoms. The van der Waals surface area contributed by atoms with E-state index in [0.717, 1.165) is 25.1 Å². The van der Waals surface area contributed by atoms with Crippen molar-refractivity contribution in [3.05, 3.63) is 43.5 Å². The molecule has 0 saturated heterocycles. The van der Waals surface area contributed by atoms with Gasteiger partial charge in [0.2, 0.25) is 0 Å². The highest BCUT2D eigenvalue weighted by molar-refractivity contribution is 9.11. The molecule has 0 radical (unpaired) electrons. The Morgan fingerprint density at radius 2 is 1.88 bits per heavy atom. The summed E-state index contributed by atoms with van der Waals surface area (Å²) in [6.07, 6.45) is 2.83. The number of rotatable bonds is 5. The van der Waals surface area contributed by atoms with Crippen LogP contribution in [0.4, 0.5) is 0 Å². The molecule has 0 spiro atoms. The maximum Gasteiger partial charge on any atom is 0.331 e. The van der Waals surface area contributed by atoms with Crippen LogP contribution in [0, 0.1) is 0 Å². The zero-order chi connectivity index (χ0) is 12.8. The Bertz CT molecular complexity index is 421. The highest BCUT2D eigenvalue weighted by Crippen LogP contribution is 2.30. The molecule has 3 nitrogen and oxygen atoms in total. The van der Waals surface area contributed by atoms with E-state index in [4.69, 9.17) is 9.84 Å². The number of carboxylic acid groups (broad SMARTS) is 1. The molecule has 0 fully saturated rings. The Kier molecular flexibility index (Phi) is 6.22. The summed E-state index contributed by atoms with van der Waals surface area (Å²) in [5.41, 5.74) is 1.08. The van der Waals surface area contributed by atoms with E-state index in [1.165, 1.54) is 6.26 Å². The summed E-state index contributed by atoms with van der Waals surface area (Å²) in [6.45, 7) is 0.419. The van der Waals surface area contributed by atoms with Crippen LogP contribution < -0.4 is 0 Å². The van der Waals surface area contributed by atoms with Gasteiger partial charge in [-0.3, -0.25) is 0 Å². The van der Waals surface area contributed by atoms with Gasteiger partial charge in [-0.25, -0.2) is 4.79 Å². The number of aliphatic carboxylic acids is 1. The number of carbonyl (C=O) groups is 1. The summed E-state index contributed by atoms with van der Waals surface area (Å²) in [5.74, 6) is -1.02. The minimum atomic E-state index is -1.02. The monoisotopic (exact) mass is 426 g/mol. The maximum absolute atomic E-state index is 10.2. The molecule has 0 saturated carbocycles. The fourth-order valence-electron chi connectivity index (χ4n) is 1.15. The third-order valence-electron chi connectivity index (χ3n) is 1.88. The Labute approximate surface area is 124 Å². The van der Waals surface area contributed by atoms with Crippen LogP contribution in [-0.4, -0.2) is 17.7 Å². The minimum absolute atomic E-state index is 0.419. The number of halogens is 3. The first-order chi connectivity index (χ1) is 8.00. The topological polar surface area (TPSA) is 46.5 Å². The van der Waals surface area contributed by atoms with Gasteiger partial charge in [0.1, 0.15) is 0 Å². The lowest BCUT2D eigenvalue weighted by Crippen LogP contribution is -1.97. The van der Waals surface area contributed by atoms with E-state index in [-0.39, 0.29) is 0 Å². The second-order valence-electron chi connectivity index (χ2n) is 3.11. The van der Waals surface area contributed by atoms with Crippen molar-refractivity contribution in [2.24, 2.45) is 0 Å². The molecule has 6 heteroatoms. The van der Waals surface area contributed by atoms with Crippen LogP contribution >= 0.6 is 47.8 Å². The molecule has 0 bridgehead atoms. The molecule has 1 N–H and O–H groups in total. The number of hydrogen-bond donors (Lipinski definition) is 1. The molecule has 0 heterocycles. The molecule has 0 amide bonds. The van der Waals surface area contributed by atoms with Gasteiger partial charge in [-0.2, -0.15) is 0 Å². The zero-order valence-electron chi connectivity index (χ0n) is 8.62. The van der Waals surface area contributed by atoms with Crippen molar-refractivity contribution < 1.29 is 14.6 Å². The van der Waals surface area contributed by atoms with Gasteiger partial charge in [-0.1, -0.05) is 47.8 Å². The first-order valence-corrected chi connectivity index (χ1v) is 7.03. The van der Waals surface area contributed by atoms with Crippen molar-refractivity contribution in [3.8, 4) is 0 Å². The fourth-order valence-corrected chi connectivity index (χ4v) is 3.80. The van der Waals surface area contributed by atoms with Crippen LogP contribution in [0.1, 0.15) is 5.56 Å². The first kappa shape index (κ1) is 14.7. The van der Waals surface area contributed by atoms with Gasteiger partial charge in [-0.05, 0) is 17.7 Å². The van der Waals surface area contributed by atoms with Crippen LogP contribution in [-0.2, 0) is 16.0 Å². The van der Waals surface area contributed by atoms with Crippen LogP contribution in [0.5, 0.6) is 0 Å². The van der Waals surface area contributed by atoms with E-state index in [1.807, 2.05) is 12.1 Å². The predicted molar refractivity (Wildman–Crippen MR) is 76.0 cm³/mol. The van der Waals surface area contributed by atoms with E-state index in [0.29, 0.717) is 13.0 Å². The molecule has 0 atom stereocenters. The largest absolute Gasteiger partial charge is 0.501 e. The third kappa shape index (κ3) is 5.23. The normalized spacial score (nSPS) is 10.8. The second kappa shape index (κ2) is 7.18. The molecular formula is C11H9Br3O3. The fraction of sp³-hybridized carbons (Fsp3) is 0.182. The van der Waals surface area contributed by atoms with Gasteiger partial charge in [-0.15, -0.1) is 0 Å². The minimum Gasteiger partial charge on any atom is -0.501 e. The lowest BCUT2D eigenvalue weighted by molar-refractivity contribution is -0.131. The van der Waals surface area contributed by atoms with E-state index >= 15 is 0 Å². The molecular weight excluding hydrogens is 420 g/mol. The molecule has 0 aliphatic heterocycles. The zero-order valence-corrected chi connectivity index (χ0v) is 13.4. The lowest BCUT2D eigenvalue weighted by Gasteiger charge is -2.08. The molecule has 0 unspecified atom stereocenters. The van der Waals surface area contributed by atoms with Crippen LogP contribution in [0.15, 0.2) is 37.9 Å². The standard InChI is InChI=1S/C11H9Br3O3/c12-7-5-9(13)8(10(14)6-7)1-3-17-4-2-11(15)16/h2,4-6H,1,3H2,(H,15,16). The summed E-state index contributed by atoms with van der Waals surface area (Å²) < 4.78 is 8.01. The third-order valence-corrected chi connectivity index (χ3v) is 3.76. The van der Waals surface area contributed by atoms with Crippen molar-refractivity contribution >= 4 is 53.8 Å². The summed E-state index contributed by atoms with van der Waals surface area (Å²) in [7, 11) is 0. The number of hydrogen-bond acceptors (Lipinski definition) is 2. The Hall–Kier alpha value is -0.330. The Balaban J connectivity index is 2.55. The molecule has 0 aromatic heterocycles. The molecule has 92 valence electrons. The highest BCUT2D eigenvalue weighted by Gasteiger charge is 2.06. The quantitative estimate of drug-likeness (QED) is 0.435. The smallest absolute Gasteiger partial charge is 0.331 e. The average Bonchev–Trinajstić information content (AvgIpc) is 2.20. The molecule has 1 rings (SSSR count). The molecule has 0 aliphatic carbocycles. The highest BCUT2D eigenvalue weighted by atomic mass is 79.9. The van der Waals surface area contributed by atoms with Crippen molar-refractivity contribution in [2.45, 2.75) is 6.42 Å². The number of benzene rings is 1. The lowest BCUT2D eigenvalue weighted by atomic mass is 10.2. The van der Waals surface area contributed by atoms with Gasteiger partial charge in [0.25, 0.3) is 0 Å². The summed E-state index contributed by atoms with van der Waals surface area (Å²) >= 11 is 10.3. The van der Waals surface area contributed by atoms with Crippen LogP contribution in [0.2, 0.25) is 0 Å². The van der Waals surface area contributed by atoms with Crippen molar-refractivity contribution in [1.82, 2.24) is 0 Å². The van der Waals surface area contributed by atoms with E-state index in [9.17, 15) is 4.79 Å². The van der Waals surface area contributed by atoms with Gasteiger partial charge in [0.05, 0.1) is 18.9 Å². The van der Waals surface area contributed by atoms with Crippen molar-refractivity contribution in [2.75, 3.05) is 6.61 Å². The predicted octanol–water partition coefficient (Wildman–Crippen LogP) is 4.13. The van der Waals surface area contributed by atoms with Crippen molar-refractivity contribution in [1.29, 1.82) is 0 Å². The van der Waals surface area contributed by atoms with Crippen LogP contribution in [0.3, 0.4) is 0 Å². The molecule has 0 aliphatic rings. The van der Waals surface area contributed by atoms with E-state index in [1.54, 1.807) is 0 Å². The summed E-state index contributed by atoms with van der Waals surface area (Å²) in [5, 5.41) is 8.36. The van der Waals surface area contributed by atoms with Gasteiger partial charge in [0.15, 0.2) is 0 Å². The summed E-state index contributed by atoms with van der Waals surface area (Å²) in [4.78, 5) is 10.2. The van der Waals surface area contributed by atoms with Crippen LogP contribution in [0.25, 0.3) is 0 Å². The van der Waals surface area contributed by atoms with Crippen molar-refractivity contribution in [3.63, 3.8) is 0 Å². The first-order valence-electron chi connectivity index (χ1n) is 4.65. The van der Waals surface area contributed by atoms with E-state index in [2.05, 4.69) is 47.8 Å². The second-order valence-corrected chi connectivity index (χ2v) is 5.73. The SMILES string of the molecule is O=C(O)C=COCCc1c(Br)cc(Br)cc1Br. The molecule has 1 aromatic carbocycles. The molecule has 1 aromatic rings.